The van der Waals surface area contributed by atoms with Gasteiger partial charge in [0.05, 0.1) is 6.10 Å². The molecule has 0 aliphatic carbocycles. The zero-order valence-corrected chi connectivity index (χ0v) is 11.5. The van der Waals surface area contributed by atoms with E-state index < -0.39 is 17.9 Å². The van der Waals surface area contributed by atoms with Crippen molar-refractivity contribution in [2.45, 2.75) is 18.7 Å². The fourth-order valence-electron chi connectivity index (χ4n) is 2.68. The number of hydrogen-bond acceptors (Lipinski definition) is 4. The maximum atomic E-state index is 12.5. The Bertz CT molecular complexity index is 340. The number of halogens is 3. The van der Waals surface area contributed by atoms with Gasteiger partial charge in [-0.15, -0.1) is 0 Å². The van der Waals surface area contributed by atoms with Gasteiger partial charge in [0.25, 0.3) is 0 Å². The molecule has 20 heavy (non-hydrogen) atoms. The molecule has 0 saturated carbocycles. The second-order valence-electron chi connectivity index (χ2n) is 5.44. The van der Waals surface area contributed by atoms with Crippen LogP contribution in [0.5, 0.6) is 0 Å². The highest BCUT2D eigenvalue weighted by molar-refractivity contribution is 5.13. The van der Waals surface area contributed by atoms with E-state index in [-0.39, 0.29) is 13.0 Å². The van der Waals surface area contributed by atoms with Crippen molar-refractivity contribution in [1.82, 2.24) is 15.1 Å². The van der Waals surface area contributed by atoms with E-state index in [2.05, 4.69) is 10.2 Å². The summed E-state index contributed by atoms with van der Waals surface area (Å²) in [5.74, 6) is 0. The normalized spacial score (nSPS) is 24.5. The van der Waals surface area contributed by atoms with Gasteiger partial charge in [-0.3, -0.25) is 9.80 Å². The summed E-state index contributed by atoms with van der Waals surface area (Å²) < 4.78 is 37.5. The summed E-state index contributed by atoms with van der Waals surface area (Å²) in [6.45, 7) is 5.34. The number of aliphatic hydroxyl groups excluding tert-OH is 1. The predicted molar refractivity (Wildman–Crippen MR) is 70.5 cm³/mol. The van der Waals surface area contributed by atoms with Gasteiger partial charge in [0.1, 0.15) is 0 Å². The molecule has 0 amide bonds. The average Bonchev–Trinajstić information content (AvgIpc) is 2.39. The van der Waals surface area contributed by atoms with Gasteiger partial charge in [0.15, 0.2) is 0 Å². The Labute approximate surface area is 117 Å². The van der Waals surface area contributed by atoms with Crippen molar-refractivity contribution in [3.05, 3.63) is 11.6 Å². The van der Waals surface area contributed by atoms with E-state index in [1.165, 1.54) is 6.08 Å². The van der Waals surface area contributed by atoms with Crippen molar-refractivity contribution in [2.24, 2.45) is 0 Å². The molecule has 7 heteroatoms. The molecule has 4 nitrogen and oxygen atoms in total. The summed E-state index contributed by atoms with van der Waals surface area (Å²) in [6, 6.07) is 0. The van der Waals surface area contributed by atoms with Gasteiger partial charge in [0.2, 0.25) is 0 Å². The Morgan fingerprint density at radius 2 is 1.80 bits per heavy atom. The van der Waals surface area contributed by atoms with Crippen molar-refractivity contribution in [2.75, 3.05) is 52.4 Å². The Morgan fingerprint density at radius 3 is 2.35 bits per heavy atom. The van der Waals surface area contributed by atoms with Crippen LogP contribution < -0.4 is 5.32 Å². The van der Waals surface area contributed by atoms with Gasteiger partial charge in [0, 0.05) is 57.9 Å². The fraction of sp³-hybridized carbons (Fsp3) is 0.846. The predicted octanol–water partition coefficient (Wildman–Crippen LogP) is 0.447. The zero-order chi connectivity index (χ0) is 14.6. The first-order valence-electron chi connectivity index (χ1n) is 7.05. The summed E-state index contributed by atoms with van der Waals surface area (Å²) in [5.41, 5.74) is -0.439. The van der Waals surface area contributed by atoms with Gasteiger partial charge in [-0.1, -0.05) is 6.08 Å². The van der Waals surface area contributed by atoms with Crippen molar-refractivity contribution in [1.29, 1.82) is 0 Å². The SMILES string of the molecule is OC(CN1CC=C(C(F)(F)F)CC1)CN1CCNCC1. The van der Waals surface area contributed by atoms with Crippen LogP contribution in [0.2, 0.25) is 0 Å². The molecule has 2 N–H and O–H groups in total. The third-order valence-electron chi connectivity index (χ3n) is 3.80. The van der Waals surface area contributed by atoms with Crippen LogP contribution in [0.4, 0.5) is 13.2 Å². The van der Waals surface area contributed by atoms with Crippen molar-refractivity contribution in [3.8, 4) is 0 Å². The van der Waals surface area contributed by atoms with E-state index in [9.17, 15) is 18.3 Å². The lowest BCUT2D eigenvalue weighted by atomic mass is 10.1. The van der Waals surface area contributed by atoms with Crippen molar-refractivity contribution >= 4 is 0 Å². The summed E-state index contributed by atoms with van der Waals surface area (Å²) in [6.07, 6.45) is -3.45. The Hall–Kier alpha value is -0.630. The number of alkyl halides is 3. The lowest BCUT2D eigenvalue weighted by Gasteiger charge is -2.32. The topological polar surface area (TPSA) is 38.7 Å². The van der Waals surface area contributed by atoms with Crippen molar-refractivity contribution in [3.63, 3.8) is 0 Å². The highest BCUT2D eigenvalue weighted by Crippen LogP contribution is 2.30. The number of rotatable bonds is 4. The van der Waals surface area contributed by atoms with Crippen LogP contribution in [-0.4, -0.2) is 79.5 Å². The molecule has 1 fully saturated rings. The monoisotopic (exact) mass is 293 g/mol. The van der Waals surface area contributed by atoms with Crippen LogP contribution in [0.25, 0.3) is 0 Å². The van der Waals surface area contributed by atoms with Crippen LogP contribution in [0.3, 0.4) is 0 Å². The molecular weight excluding hydrogens is 271 g/mol. The van der Waals surface area contributed by atoms with E-state index in [0.717, 1.165) is 26.2 Å². The average molecular weight is 293 g/mol. The smallest absolute Gasteiger partial charge is 0.390 e. The number of hydrogen-bond donors (Lipinski definition) is 2. The Morgan fingerprint density at radius 1 is 1.15 bits per heavy atom. The third kappa shape index (κ3) is 4.73. The molecule has 2 rings (SSSR count). The molecule has 1 unspecified atom stereocenters. The number of piperazine rings is 1. The first kappa shape index (κ1) is 15.8. The molecular formula is C13H22F3N3O. The molecule has 2 aliphatic heterocycles. The Balaban J connectivity index is 1.73. The van der Waals surface area contributed by atoms with Crippen LogP contribution >= 0.6 is 0 Å². The maximum absolute atomic E-state index is 12.5. The Kier molecular flexibility index (Phi) is 5.42. The number of aliphatic hydroxyl groups is 1. The summed E-state index contributed by atoms with van der Waals surface area (Å²) in [7, 11) is 0. The molecule has 1 atom stereocenters. The van der Waals surface area contributed by atoms with E-state index in [1.54, 1.807) is 0 Å². The van der Waals surface area contributed by atoms with Gasteiger partial charge >= 0.3 is 6.18 Å². The molecule has 2 aliphatic rings. The van der Waals surface area contributed by atoms with Crippen LogP contribution in [0.15, 0.2) is 11.6 Å². The first-order valence-corrected chi connectivity index (χ1v) is 7.05. The second kappa shape index (κ2) is 6.89. The summed E-state index contributed by atoms with van der Waals surface area (Å²) in [4.78, 5) is 4.06. The second-order valence-corrected chi connectivity index (χ2v) is 5.44. The van der Waals surface area contributed by atoms with Crippen LogP contribution in [0.1, 0.15) is 6.42 Å². The number of β-amino-alcohol motifs (C(OH)–C–C–N with tert-alkyl or cyclic N) is 1. The number of nitrogens with zero attached hydrogens (tertiary/aromatic N) is 2. The van der Waals surface area contributed by atoms with Crippen LogP contribution in [-0.2, 0) is 0 Å². The van der Waals surface area contributed by atoms with E-state index in [0.29, 0.717) is 19.6 Å². The molecule has 0 radical (unpaired) electrons. The largest absolute Gasteiger partial charge is 0.412 e. The van der Waals surface area contributed by atoms with Gasteiger partial charge < -0.3 is 10.4 Å². The third-order valence-corrected chi connectivity index (χ3v) is 3.80. The molecule has 0 aromatic rings. The van der Waals surface area contributed by atoms with E-state index >= 15 is 0 Å². The standard InChI is InChI=1S/C13H22F3N3O/c14-13(15,16)11-1-5-18(6-2-11)9-12(20)10-19-7-3-17-4-8-19/h1,12,17,20H,2-10H2. The minimum absolute atomic E-state index is 0.0177. The highest BCUT2D eigenvalue weighted by Gasteiger charge is 2.34. The minimum atomic E-state index is -4.20. The zero-order valence-electron chi connectivity index (χ0n) is 11.5. The van der Waals surface area contributed by atoms with Crippen LogP contribution in [0, 0.1) is 0 Å². The lowest BCUT2D eigenvalue weighted by Crippen LogP contribution is -2.48. The number of nitrogens with one attached hydrogen (secondary N) is 1. The molecule has 1 saturated heterocycles. The molecule has 0 aromatic carbocycles. The molecule has 2 heterocycles. The van der Waals surface area contributed by atoms with Gasteiger partial charge in [-0.05, 0) is 6.42 Å². The van der Waals surface area contributed by atoms with E-state index in [4.69, 9.17) is 0 Å². The molecule has 0 bridgehead atoms. The molecule has 116 valence electrons. The summed E-state index contributed by atoms with van der Waals surface area (Å²) >= 11 is 0. The van der Waals surface area contributed by atoms with E-state index in [1.807, 2.05) is 4.90 Å². The maximum Gasteiger partial charge on any atom is 0.412 e. The minimum Gasteiger partial charge on any atom is -0.390 e. The fourth-order valence-corrected chi connectivity index (χ4v) is 2.68. The molecule has 0 spiro atoms. The lowest BCUT2D eigenvalue weighted by molar-refractivity contribution is -0.0962. The first-order chi connectivity index (χ1) is 9.45. The summed E-state index contributed by atoms with van der Waals surface area (Å²) in [5, 5.41) is 13.3. The molecule has 0 aromatic heterocycles. The van der Waals surface area contributed by atoms with Gasteiger partial charge in [-0.2, -0.15) is 13.2 Å². The van der Waals surface area contributed by atoms with Crippen molar-refractivity contribution < 1.29 is 18.3 Å². The van der Waals surface area contributed by atoms with Gasteiger partial charge in [-0.25, -0.2) is 0 Å². The highest BCUT2D eigenvalue weighted by atomic mass is 19.4. The quantitative estimate of drug-likeness (QED) is 0.738.